The lowest BCUT2D eigenvalue weighted by Gasteiger charge is -2.12. The van der Waals surface area contributed by atoms with Gasteiger partial charge in [-0.05, 0) is 91.0 Å². The number of aryl methyl sites for hydroxylation is 3. The number of hydrogen-bond donors (Lipinski definition) is 2. The first kappa shape index (κ1) is 16.9. The summed E-state index contributed by atoms with van der Waals surface area (Å²) >= 11 is 7.53. The van der Waals surface area contributed by atoms with Crippen LogP contribution in [0.4, 0.5) is 5.69 Å². The highest BCUT2D eigenvalue weighted by molar-refractivity contribution is 14.1. The first-order chi connectivity index (χ1) is 10.4. The molecular weight excluding hydrogens is 407 g/mol. The minimum Gasteiger partial charge on any atom is -0.332 e. The van der Waals surface area contributed by atoms with Gasteiger partial charge in [-0.3, -0.25) is 10.1 Å². The number of anilines is 1. The molecule has 5 heteroatoms. The van der Waals surface area contributed by atoms with E-state index < -0.39 is 0 Å². The van der Waals surface area contributed by atoms with Gasteiger partial charge in [0.1, 0.15) is 0 Å². The number of halogens is 1. The van der Waals surface area contributed by atoms with Gasteiger partial charge in [0, 0.05) is 14.8 Å². The van der Waals surface area contributed by atoms with Crippen molar-refractivity contribution in [1.82, 2.24) is 5.32 Å². The number of carbonyl (C=O) groups is 1. The third kappa shape index (κ3) is 4.27. The average molecular weight is 424 g/mol. The predicted octanol–water partition coefficient (Wildman–Crippen LogP) is 4.34. The molecule has 22 heavy (non-hydrogen) atoms. The molecule has 0 aliphatic carbocycles. The molecule has 0 aliphatic heterocycles. The van der Waals surface area contributed by atoms with Crippen LogP contribution >= 0.6 is 34.8 Å². The summed E-state index contributed by atoms with van der Waals surface area (Å²) in [5.74, 6) is -0.212. The summed E-state index contributed by atoms with van der Waals surface area (Å²) in [7, 11) is 0. The molecule has 0 atom stereocenters. The molecule has 3 nitrogen and oxygen atoms in total. The molecule has 2 rings (SSSR count). The standard InChI is InChI=1S/C17H17IN2OS/c1-10-4-6-13(7-5-10)16(21)20-17(22)19-14-8-11(2)15(18)12(3)9-14/h4-9H,1-3H3,(H2,19,20,21,22). The van der Waals surface area contributed by atoms with Crippen LogP contribution in [0.1, 0.15) is 27.0 Å². The molecule has 1 amide bonds. The fourth-order valence-electron chi connectivity index (χ4n) is 2.06. The fraction of sp³-hybridized carbons (Fsp3) is 0.176. The van der Waals surface area contributed by atoms with Crippen LogP contribution in [-0.2, 0) is 0 Å². The van der Waals surface area contributed by atoms with Crippen molar-refractivity contribution in [1.29, 1.82) is 0 Å². The van der Waals surface area contributed by atoms with E-state index in [9.17, 15) is 4.79 Å². The molecule has 0 aliphatic rings. The highest BCUT2D eigenvalue weighted by Gasteiger charge is 2.09. The molecule has 2 aromatic rings. The predicted molar refractivity (Wildman–Crippen MR) is 103 cm³/mol. The van der Waals surface area contributed by atoms with Crippen molar-refractivity contribution in [2.75, 3.05) is 5.32 Å². The second-order valence-electron chi connectivity index (χ2n) is 5.20. The highest BCUT2D eigenvalue weighted by atomic mass is 127. The van der Waals surface area contributed by atoms with Crippen LogP contribution in [0.25, 0.3) is 0 Å². The highest BCUT2D eigenvalue weighted by Crippen LogP contribution is 2.21. The minimum atomic E-state index is -0.212. The van der Waals surface area contributed by atoms with Gasteiger partial charge in [-0.25, -0.2) is 0 Å². The Morgan fingerprint density at radius 2 is 1.59 bits per heavy atom. The van der Waals surface area contributed by atoms with Crippen molar-refractivity contribution >= 4 is 51.5 Å². The molecule has 0 aromatic heterocycles. The summed E-state index contributed by atoms with van der Waals surface area (Å²) < 4.78 is 1.23. The van der Waals surface area contributed by atoms with Gasteiger partial charge in [0.25, 0.3) is 5.91 Å². The molecule has 0 saturated carbocycles. The number of amides is 1. The number of hydrogen-bond acceptors (Lipinski definition) is 2. The van der Waals surface area contributed by atoms with E-state index >= 15 is 0 Å². The van der Waals surface area contributed by atoms with Gasteiger partial charge in [0.2, 0.25) is 0 Å². The number of carbonyl (C=O) groups excluding carboxylic acids is 1. The zero-order valence-electron chi connectivity index (χ0n) is 12.7. The lowest BCUT2D eigenvalue weighted by molar-refractivity contribution is 0.0978. The first-order valence-corrected chi connectivity index (χ1v) is 8.31. The van der Waals surface area contributed by atoms with E-state index in [1.54, 1.807) is 12.1 Å². The third-order valence-electron chi connectivity index (χ3n) is 3.24. The Labute approximate surface area is 149 Å². The van der Waals surface area contributed by atoms with Crippen molar-refractivity contribution in [2.45, 2.75) is 20.8 Å². The normalized spacial score (nSPS) is 10.2. The molecule has 0 bridgehead atoms. The van der Waals surface area contributed by atoms with Crippen molar-refractivity contribution in [2.24, 2.45) is 0 Å². The number of benzene rings is 2. The van der Waals surface area contributed by atoms with E-state index in [0.717, 1.165) is 11.3 Å². The van der Waals surface area contributed by atoms with Crippen molar-refractivity contribution in [3.63, 3.8) is 0 Å². The van der Waals surface area contributed by atoms with Crippen LogP contribution in [0.2, 0.25) is 0 Å². The van der Waals surface area contributed by atoms with Crippen LogP contribution in [0.15, 0.2) is 36.4 Å². The molecule has 2 N–H and O–H groups in total. The minimum absolute atomic E-state index is 0.212. The summed E-state index contributed by atoms with van der Waals surface area (Å²) in [4.78, 5) is 12.1. The molecule has 2 aromatic carbocycles. The molecule has 0 unspecified atom stereocenters. The summed E-state index contributed by atoms with van der Waals surface area (Å²) in [5, 5.41) is 6.05. The van der Waals surface area contributed by atoms with E-state index in [-0.39, 0.29) is 5.91 Å². The topological polar surface area (TPSA) is 41.1 Å². The molecular formula is C17H17IN2OS. The Balaban J connectivity index is 2.04. The molecule has 0 spiro atoms. The molecule has 0 heterocycles. The van der Waals surface area contributed by atoms with Gasteiger partial charge in [0.05, 0.1) is 0 Å². The maximum Gasteiger partial charge on any atom is 0.257 e. The van der Waals surface area contributed by atoms with Crippen LogP contribution in [0.5, 0.6) is 0 Å². The van der Waals surface area contributed by atoms with Crippen molar-refractivity contribution in [3.05, 3.63) is 62.2 Å². The Kier molecular flexibility index (Phi) is 5.52. The van der Waals surface area contributed by atoms with E-state index in [0.29, 0.717) is 10.7 Å². The first-order valence-electron chi connectivity index (χ1n) is 6.82. The third-order valence-corrected chi connectivity index (χ3v) is 5.14. The lowest BCUT2D eigenvalue weighted by Crippen LogP contribution is -2.34. The van der Waals surface area contributed by atoms with Crippen LogP contribution in [0.3, 0.4) is 0 Å². The summed E-state index contributed by atoms with van der Waals surface area (Å²) in [6.07, 6.45) is 0. The monoisotopic (exact) mass is 424 g/mol. The second kappa shape index (κ2) is 7.19. The van der Waals surface area contributed by atoms with E-state index in [4.69, 9.17) is 12.2 Å². The number of rotatable bonds is 2. The average Bonchev–Trinajstić information content (AvgIpc) is 2.45. The van der Waals surface area contributed by atoms with E-state index in [1.807, 2.05) is 45.0 Å². The quantitative estimate of drug-likeness (QED) is 0.557. The van der Waals surface area contributed by atoms with Gasteiger partial charge < -0.3 is 5.32 Å². The SMILES string of the molecule is Cc1ccc(C(=O)NC(=S)Nc2cc(C)c(I)c(C)c2)cc1. The fourth-order valence-corrected chi connectivity index (χ4v) is 2.58. The number of nitrogens with one attached hydrogen (secondary N) is 2. The Hall–Kier alpha value is -1.47. The number of thiocarbonyl (C=S) groups is 1. The Morgan fingerprint density at radius 3 is 2.14 bits per heavy atom. The van der Waals surface area contributed by atoms with Gasteiger partial charge >= 0.3 is 0 Å². The summed E-state index contributed by atoms with van der Waals surface area (Å²) in [6.45, 7) is 6.08. The maximum absolute atomic E-state index is 12.1. The van der Waals surface area contributed by atoms with E-state index in [1.165, 1.54) is 14.7 Å². The van der Waals surface area contributed by atoms with Gasteiger partial charge in [-0.2, -0.15) is 0 Å². The van der Waals surface area contributed by atoms with Gasteiger partial charge in [0.15, 0.2) is 5.11 Å². The zero-order valence-corrected chi connectivity index (χ0v) is 15.6. The maximum atomic E-state index is 12.1. The van der Waals surface area contributed by atoms with Crippen LogP contribution in [-0.4, -0.2) is 11.0 Å². The summed E-state index contributed by atoms with van der Waals surface area (Å²) in [6, 6.07) is 11.4. The molecule has 0 fully saturated rings. The molecule has 114 valence electrons. The lowest BCUT2D eigenvalue weighted by atomic mass is 10.1. The van der Waals surface area contributed by atoms with E-state index in [2.05, 4.69) is 33.2 Å². The van der Waals surface area contributed by atoms with Gasteiger partial charge in [-0.15, -0.1) is 0 Å². The smallest absolute Gasteiger partial charge is 0.257 e. The Morgan fingerprint density at radius 1 is 1.05 bits per heavy atom. The largest absolute Gasteiger partial charge is 0.332 e. The second-order valence-corrected chi connectivity index (χ2v) is 6.69. The van der Waals surface area contributed by atoms with Crippen molar-refractivity contribution in [3.8, 4) is 0 Å². The molecule has 0 radical (unpaired) electrons. The summed E-state index contributed by atoms with van der Waals surface area (Å²) in [5.41, 5.74) is 4.93. The van der Waals surface area contributed by atoms with Gasteiger partial charge in [-0.1, -0.05) is 17.7 Å². The van der Waals surface area contributed by atoms with Crippen LogP contribution in [0, 0.1) is 24.3 Å². The van der Waals surface area contributed by atoms with Crippen molar-refractivity contribution < 1.29 is 4.79 Å². The molecule has 0 saturated heterocycles. The Bertz CT molecular complexity index is 703. The van der Waals surface area contributed by atoms with Crippen LogP contribution < -0.4 is 10.6 Å². The zero-order chi connectivity index (χ0) is 16.3.